The molecule has 0 fully saturated rings. The van der Waals surface area contributed by atoms with Gasteiger partial charge in [-0.15, -0.1) is 0 Å². The zero-order chi connectivity index (χ0) is 22.2. The molecule has 1 heterocycles. The van der Waals surface area contributed by atoms with Crippen molar-refractivity contribution < 1.29 is 13.2 Å². The van der Waals surface area contributed by atoms with Gasteiger partial charge in [0.1, 0.15) is 11.4 Å². The Morgan fingerprint density at radius 1 is 1.00 bits per heavy atom. The molecule has 3 aromatic rings. The van der Waals surface area contributed by atoms with Crippen LogP contribution in [0, 0.1) is 5.92 Å². The predicted octanol–water partition coefficient (Wildman–Crippen LogP) is 5.87. The molecule has 1 aliphatic heterocycles. The van der Waals surface area contributed by atoms with E-state index >= 15 is 0 Å². The number of fused-ring (bicyclic) bond motifs is 2. The van der Waals surface area contributed by atoms with Gasteiger partial charge in [-0.25, -0.2) is 8.42 Å². The quantitative estimate of drug-likeness (QED) is 0.486. The highest BCUT2D eigenvalue weighted by atomic mass is 32.2. The maximum Gasteiger partial charge on any atom is 0.244 e. The Balaban J connectivity index is 1.71. The molecule has 0 aromatic heterocycles. The van der Waals surface area contributed by atoms with Crippen molar-refractivity contribution >= 4 is 26.9 Å². The summed E-state index contributed by atoms with van der Waals surface area (Å²) < 4.78 is 35.1. The number of ether oxygens (including phenoxy) is 1. The largest absolute Gasteiger partial charge is 0.483 e. The fourth-order valence-corrected chi connectivity index (χ4v) is 5.75. The Labute approximate surface area is 185 Å². The van der Waals surface area contributed by atoms with Crippen molar-refractivity contribution in [3.05, 3.63) is 77.9 Å². The van der Waals surface area contributed by atoms with Crippen molar-refractivity contribution in [3.63, 3.8) is 0 Å². The summed E-state index contributed by atoms with van der Waals surface area (Å²) in [5.74, 6) is 1.02. The van der Waals surface area contributed by atoms with Crippen LogP contribution in [0.2, 0.25) is 0 Å². The summed E-state index contributed by atoms with van der Waals surface area (Å²) in [6.45, 7) is 8.87. The number of hydrogen-bond acceptors (Lipinski definition) is 3. The second-order valence-electron chi connectivity index (χ2n) is 9.08. The Hall–Kier alpha value is -2.63. The van der Waals surface area contributed by atoms with Gasteiger partial charge in [0, 0.05) is 24.0 Å². The molecule has 0 spiro atoms. The van der Waals surface area contributed by atoms with E-state index in [1.165, 1.54) is 0 Å². The molecule has 4 rings (SSSR count). The van der Waals surface area contributed by atoms with Crippen LogP contribution in [0.1, 0.15) is 38.8 Å². The molecule has 0 unspecified atom stereocenters. The number of rotatable bonds is 6. The third-order valence-electron chi connectivity index (χ3n) is 5.41. The number of benzene rings is 3. The van der Waals surface area contributed by atoms with Gasteiger partial charge in [0.25, 0.3) is 0 Å². The first-order valence-electron chi connectivity index (χ1n) is 10.6. The van der Waals surface area contributed by atoms with Gasteiger partial charge in [0.15, 0.2) is 0 Å². The van der Waals surface area contributed by atoms with Gasteiger partial charge >= 0.3 is 0 Å². The van der Waals surface area contributed by atoms with Crippen LogP contribution in [0.3, 0.4) is 0 Å². The Kier molecular flexibility index (Phi) is 5.67. The molecule has 0 aliphatic carbocycles. The Morgan fingerprint density at radius 3 is 2.52 bits per heavy atom. The smallest absolute Gasteiger partial charge is 0.244 e. The molecule has 0 saturated heterocycles. The fourth-order valence-electron chi connectivity index (χ4n) is 3.95. The van der Waals surface area contributed by atoms with Crippen LogP contribution >= 0.6 is 0 Å². The van der Waals surface area contributed by atoms with Gasteiger partial charge < -0.3 is 4.74 Å². The highest BCUT2D eigenvalue weighted by Gasteiger charge is 2.28. The molecule has 5 heteroatoms. The van der Waals surface area contributed by atoms with Gasteiger partial charge in [-0.1, -0.05) is 62.4 Å². The lowest BCUT2D eigenvalue weighted by Gasteiger charge is -2.29. The molecular formula is C26H29NO3S. The molecule has 0 radical (unpaired) electrons. The van der Waals surface area contributed by atoms with Crippen molar-refractivity contribution in [2.75, 3.05) is 6.54 Å². The molecule has 4 nitrogen and oxygen atoms in total. The van der Waals surface area contributed by atoms with Crippen molar-refractivity contribution in [1.82, 2.24) is 4.31 Å². The van der Waals surface area contributed by atoms with Gasteiger partial charge in [-0.05, 0) is 55.0 Å². The maximum absolute atomic E-state index is 13.7. The van der Waals surface area contributed by atoms with Crippen molar-refractivity contribution in [1.29, 1.82) is 0 Å². The van der Waals surface area contributed by atoms with E-state index in [0.29, 0.717) is 18.0 Å². The first-order chi connectivity index (χ1) is 14.7. The molecule has 0 atom stereocenters. The van der Waals surface area contributed by atoms with E-state index in [9.17, 15) is 8.42 Å². The third-order valence-corrected chi connectivity index (χ3v) is 7.28. The standard InChI is InChI=1S/C26H29NO3S/c1-19(2)17-27(18-20-12-13-24-22(16-20)14-15-26(3,4)30-24)31(28,29)25-11-7-9-21-8-5-6-10-23(21)25/h5-16,19H,17-18H2,1-4H3. The maximum atomic E-state index is 13.7. The second kappa shape index (κ2) is 8.13. The van der Waals surface area contributed by atoms with Crippen LogP contribution in [0.15, 0.2) is 71.6 Å². The third kappa shape index (κ3) is 4.53. The second-order valence-corrected chi connectivity index (χ2v) is 11.0. The Bertz CT molecular complexity index is 1240. The average Bonchev–Trinajstić information content (AvgIpc) is 2.72. The van der Waals surface area contributed by atoms with Gasteiger partial charge in [-0.3, -0.25) is 0 Å². The summed E-state index contributed by atoms with van der Waals surface area (Å²) in [7, 11) is -3.68. The lowest BCUT2D eigenvalue weighted by Crippen LogP contribution is -2.34. The predicted molar refractivity (Wildman–Crippen MR) is 127 cm³/mol. The molecule has 0 bridgehead atoms. The zero-order valence-electron chi connectivity index (χ0n) is 18.5. The summed E-state index contributed by atoms with van der Waals surface area (Å²) in [6, 6.07) is 19.0. The minimum absolute atomic E-state index is 0.200. The van der Waals surface area contributed by atoms with Crippen LogP contribution in [-0.2, 0) is 16.6 Å². The lowest BCUT2D eigenvalue weighted by atomic mass is 10.0. The fraction of sp³-hybridized carbons (Fsp3) is 0.308. The topological polar surface area (TPSA) is 46.6 Å². The van der Waals surface area contributed by atoms with Crippen molar-refractivity contribution in [2.24, 2.45) is 5.92 Å². The minimum atomic E-state index is -3.68. The molecular weight excluding hydrogens is 406 g/mol. The summed E-state index contributed by atoms with van der Waals surface area (Å²) in [5.41, 5.74) is 1.58. The molecule has 0 saturated carbocycles. The van der Waals surface area contributed by atoms with E-state index in [1.807, 2.05) is 94.4 Å². The van der Waals surface area contributed by atoms with Crippen LogP contribution in [0.5, 0.6) is 5.75 Å². The molecule has 162 valence electrons. The first kappa shape index (κ1) is 21.6. The lowest BCUT2D eigenvalue weighted by molar-refractivity contribution is 0.159. The normalized spacial score (nSPS) is 15.3. The summed E-state index contributed by atoms with van der Waals surface area (Å²) in [5, 5.41) is 1.68. The van der Waals surface area contributed by atoms with E-state index in [1.54, 1.807) is 10.4 Å². The van der Waals surface area contributed by atoms with Crippen molar-refractivity contribution in [3.8, 4) is 5.75 Å². The van der Waals surface area contributed by atoms with Crippen LogP contribution < -0.4 is 4.74 Å². The number of sulfonamides is 1. The molecule has 31 heavy (non-hydrogen) atoms. The van der Waals surface area contributed by atoms with E-state index in [2.05, 4.69) is 0 Å². The molecule has 0 N–H and O–H groups in total. The van der Waals surface area contributed by atoms with Crippen LogP contribution in [-0.4, -0.2) is 24.9 Å². The summed E-state index contributed by atoms with van der Waals surface area (Å²) in [4.78, 5) is 0.356. The van der Waals surface area contributed by atoms with Crippen LogP contribution in [0.25, 0.3) is 16.8 Å². The molecule has 3 aromatic carbocycles. The number of nitrogens with zero attached hydrogens (tertiary/aromatic N) is 1. The van der Waals surface area contributed by atoms with E-state index < -0.39 is 10.0 Å². The van der Waals surface area contributed by atoms with Crippen molar-refractivity contribution in [2.45, 2.75) is 44.7 Å². The van der Waals surface area contributed by atoms with Gasteiger partial charge in [0.05, 0.1) is 4.90 Å². The SMILES string of the molecule is CC(C)CN(Cc1ccc2c(c1)C=CC(C)(C)O2)S(=O)(=O)c1cccc2ccccc12. The Morgan fingerprint density at radius 2 is 1.74 bits per heavy atom. The zero-order valence-corrected chi connectivity index (χ0v) is 19.3. The number of hydrogen-bond donors (Lipinski definition) is 0. The van der Waals surface area contributed by atoms with E-state index in [4.69, 9.17) is 4.74 Å². The van der Waals surface area contributed by atoms with Crippen LogP contribution in [0.4, 0.5) is 0 Å². The summed E-state index contributed by atoms with van der Waals surface area (Å²) in [6.07, 6.45) is 4.08. The molecule has 1 aliphatic rings. The highest BCUT2D eigenvalue weighted by molar-refractivity contribution is 7.89. The molecule has 0 amide bonds. The van der Waals surface area contributed by atoms with E-state index in [0.717, 1.165) is 27.6 Å². The minimum Gasteiger partial charge on any atom is -0.483 e. The monoisotopic (exact) mass is 435 g/mol. The van der Waals surface area contributed by atoms with E-state index in [-0.39, 0.29) is 11.5 Å². The van der Waals surface area contributed by atoms with Gasteiger partial charge in [0.2, 0.25) is 10.0 Å². The average molecular weight is 436 g/mol. The first-order valence-corrected chi connectivity index (χ1v) is 12.1. The van der Waals surface area contributed by atoms with Gasteiger partial charge in [-0.2, -0.15) is 4.31 Å². The summed E-state index contributed by atoms with van der Waals surface area (Å²) >= 11 is 0. The highest BCUT2D eigenvalue weighted by Crippen LogP contribution is 2.33.